The minimum atomic E-state index is 0. The summed E-state index contributed by atoms with van der Waals surface area (Å²) in [7, 11) is 1.00. The summed E-state index contributed by atoms with van der Waals surface area (Å²) in [6, 6.07) is 0. The highest BCUT2D eigenvalue weighted by Gasteiger charge is 2.39. The van der Waals surface area contributed by atoms with E-state index in [1.807, 2.05) is 0 Å². The molecule has 56 valence electrons. The van der Waals surface area contributed by atoms with Crippen LogP contribution in [0, 0.1) is 0 Å². The second-order valence-corrected chi connectivity index (χ2v) is 1.82. The van der Waals surface area contributed by atoms with E-state index in [9.17, 15) is 0 Å². The maximum absolute atomic E-state index is 7.00. The van der Waals surface area contributed by atoms with Crippen molar-refractivity contribution in [3.63, 3.8) is 0 Å². The zero-order chi connectivity index (χ0) is 5.98. The number of morpholine rings is 1. The molecule has 4 heteroatoms. The monoisotopic (exact) mass is 153 g/mol. The number of aliphatic hydroxyl groups excluding tert-OH is 1. The molecule has 2 saturated heterocycles. The average molecular weight is 154 g/mol. The smallest absolute Gasteiger partial charge is 0.123 e. The summed E-state index contributed by atoms with van der Waals surface area (Å²) < 4.78 is 5.15. The van der Waals surface area contributed by atoms with Crippen LogP contribution in [-0.4, -0.2) is 43.0 Å². The maximum atomic E-state index is 7.00. The first-order valence-electron chi connectivity index (χ1n) is 2.77. The molecule has 0 aliphatic carbocycles. The molecule has 2 unspecified atom stereocenters. The lowest BCUT2D eigenvalue weighted by Gasteiger charge is -1.83. The molecule has 0 aromatic rings. The average Bonchev–Trinajstić information content (AvgIpc) is 2.46. The van der Waals surface area contributed by atoms with Crippen molar-refractivity contribution < 1.29 is 9.84 Å². The molecule has 3 nitrogen and oxygen atoms in total. The zero-order valence-corrected chi connectivity index (χ0v) is 6.23. The van der Waals surface area contributed by atoms with E-state index in [4.69, 9.17) is 9.84 Å². The molecule has 0 aromatic heterocycles. The molecular weight excluding hydrogens is 142 g/mol. The van der Waals surface area contributed by atoms with Crippen molar-refractivity contribution >= 4 is 12.4 Å². The lowest BCUT2D eigenvalue weighted by Crippen LogP contribution is -1.96. The summed E-state index contributed by atoms with van der Waals surface area (Å²) in [6.07, 6.45) is 0.546. The largest absolute Gasteiger partial charge is 0.400 e. The van der Waals surface area contributed by atoms with Crippen molar-refractivity contribution in [2.45, 2.75) is 6.23 Å². The molecule has 0 saturated carbocycles. The van der Waals surface area contributed by atoms with Gasteiger partial charge in [-0.15, -0.1) is 12.4 Å². The molecule has 2 aliphatic heterocycles. The number of fused-ring (bicyclic) bond motifs is 1. The summed E-state index contributed by atoms with van der Waals surface area (Å²) in [5, 5.41) is 7.00. The Hall–Kier alpha value is 0.170. The number of nitrogens with zero attached hydrogens (tertiary/aromatic N) is 1. The van der Waals surface area contributed by atoms with Gasteiger partial charge < -0.3 is 9.84 Å². The van der Waals surface area contributed by atoms with Crippen LogP contribution in [0.5, 0.6) is 0 Å². The van der Waals surface area contributed by atoms with Crippen LogP contribution in [0.4, 0.5) is 0 Å². The van der Waals surface area contributed by atoms with Gasteiger partial charge in [-0.2, -0.15) is 0 Å². The number of rotatable bonds is 0. The van der Waals surface area contributed by atoms with Gasteiger partial charge in [-0.1, -0.05) is 0 Å². The molecule has 9 heavy (non-hydrogen) atoms. The third kappa shape index (κ3) is 2.10. The van der Waals surface area contributed by atoms with E-state index >= 15 is 0 Å². The van der Waals surface area contributed by atoms with Crippen LogP contribution in [0.2, 0.25) is 0 Å². The third-order valence-electron chi connectivity index (χ3n) is 1.35. The topological polar surface area (TPSA) is 32.5 Å². The quantitative estimate of drug-likeness (QED) is 0.485. The lowest BCUT2D eigenvalue weighted by atomic mass is 10.7. The van der Waals surface area contributed by atoms with Gasteiger partial charge in [-0.05, 0) is 0 Å². The van der Waals surface area contributed by atoms with Crippen LogP contribution in [0.3, 0.4) is 0 Å². The van der Waals surface area contributed by atoms with Gasteiger partial charge in [0, 0.05) is 20.2 Å². The molecule has 0 bridgehead atoms. The van der Waals surface area contributed by atoms with Gasteiger partial charge in [0.1, 0.15) is 6.23 Å². The van der Waals surface area contributed by atoms with Crippen LogP contribution >= 0.6 is 12.4 Å². The molecule has 0 aromatic carbocycles. The first-order chi connectivity index (χ1) is 3.97. The van der Waals surface area contributed by atoms with Gasteiger partial charge in [0.05, 0.1) is 6.61 Å². The summed E-state index contributed by atoms with van der Waals surface area (Å²) >= 11 is 0. The van der Waals surface area contributed by atoms with Crippen molar-refractivity contribution in [3.05, 3.63) is 0 Å². The van der Waals surface area contributed by atoms with E-state index in [-0.39, 0.29) is 12.4 Å². The molecule has 2 heterocycles. The third-order valence-corrected chi connectivity index (χ3v) is 1.35. The molecule has 0 radical (unpaired) electrons. The fraction of sp³-hybridized carbons (Fsp3) is 1.00. The van der Waals surface area contributed by atoms with Crippen molar-refractivity contribution in [3.8, 4) is 0 Å². The van der Waals surface area contributed by atoms with Gasteiger partial charge in [0.25, 0.3) is 0 Å². The number of ether oxygens (including phenoxy) is 1. The van der Waals surface area contributed by atoms with E-state index in [2.05, 4.69) is 4.90 Å². The Morgan fingerprint density at radius 2 is 2.22 bits per heavy atom. The highest BCUT2D eigenvalue weighted by atomic mass is 35.5. The number of hydrogen-bond acceptors (Lipinski definition) is 3. The minimum absolute atomic E-state index is 0. The fourth-order valence-corrected chi connectivity index (χ4v) is 0.853. The SMILES string of the molecule is C1CN2CC2O1.CO.Cl. The van der Waals surface area contributed by atoms with Crippen LogP contribution in [-0.2, 0) is 4.74 Å². The summed E-state index contributed by atoms with van der Waals surface area (Å²) in [4.78, 5) is 2.31. The van der Waals surface area contributed by atoms with Crippen molar-refractivity contribution in [2.24, 2.45) is 0 Å². The highest BCUT2D eigenvalue weighted by Crippen LogP contribution is 2.22. The van der Waals surface area contributed by atoms with Crippen molar-refractivity contribution in [1.29, 1.82) is 0 Å². The first kappa shape index (κ1) is 9.17. The van der Waals surface area contributed by atoms with Crippen molar-refractivity contribution in [2.75, 3.05) is 26.8 Å². The Morgan fingerprint density at radius 1 is 1.56 bits per heavy atom. The van der Waals surface area contributed by atoms with Crippen LogP contribution < -0.4 is 0 Å². The minimum Gasteiger partial charge on any atom is -0.400 e. The molecule has 0 amide bonds. The van der Waals surface area contributed by atoms with E-state index in [1.165, 1.54) is 13.1 Å². The van der Waals surface area contributed by atoms with Crippen LogP contribution in [0.1, 0.15) is 0 Å². The summed E-state index contributed by atoms with van der Waals surface area (Å²) in [5.74, 6) is 0. The maximum Gasteiger partial charge on any atom is 0.123 e. The molecule has 2 atom stereocenters. The molecule has 2 rings (SSSR count). The fourth-order valence-electron chi connectivity index (χ4n) is 0.853. The Morgan fingerprint density at radius 3 is 2.33 bits per heavy atom. The zero-order valence-electron chi connectivity index (χ0n) is 5.41. The highest BCUT2D eigenvalue weighted by molar-refractivity contribution is 5.85. The van der Waals surface area contributed by atoms with Crippen molar-refractivity contribution in [1.82, 2.24) is 4.90 Å². The molecule has 0 spiro atoms. The van der Waals surface area contributed by atoms with Gasteiger partial charge in [-0.25, -0.2) is 0 Å². The number of hydrogen-bond donors (Lipinski definition) is 1. The summed E-state index contributed by atoms with van der Waals surface area (Å²) in [6.45, 7) is 3.33. The summed E-state index contributed by atoms with van der Waals surface area (Å²) in [5.41, 5.74) is 0. The van der Waals surface area contributed by atoms with E-state index in [0.717, 1.165) is 13.7 Å². The predicted molar refractivity (Wildman–Crippen MR) is 36.7 cm³/mol. The Balaban J connectivity index is 0.000000198. The van der Waals surface area contributed by atoms with Crippen LogP contribution in [0.15, 0.2) is 0 Å². The van der Waals surface area contributed by atoms with Crippen LogP contribution in [0.25, 0.3) is 0 Å². The van der Waals surface area contributed by atoms with Gasteiger partial charge in [0.15, 0.2) is 0 Å². The first-order valence-corrected chi connectivity index (χ1v) is 2.77. The molecular formula is C5H12ClNO2. The predicted octanol–water partition coefficient (Wildman–Crippen LogP) is -0.311. The van der Waals surface area contributed by atoms with E-state index < -0.39 is 0 Å². The number of aliphatic hydroxyl groups is 1. The molecule has 2 aliphatic rings. The second kappa shape index (κ2) is 4.06. The lowest BCUT2D eigenvalue weighted by molar-refractivity contribution is 0.159. The van der Waals surface area contributed by atoms with Gasteiger partial charge in [0.2, 0.25) is 0 Å². The standard InChI is InChI=1S/C4H7NO.CH4O.ClH/c1-2-6-4-3-5(1)4;1-2;/h4H,1-3H2;2H,1H3;1H. The number of halogens is 1. The van der Waals surface area contributed by atoms with E-state index in [0.29, 0.717) is 6.23 Å². The Labute approximate surface area is 61.0 Å². The Bertz CT molecular complexity index is 73.4. The normalized spacial score (nSPS) is 35.3. The second-order valence-electron chi connectivity index (χ2n) is 1.82. The Kier molecular flexibility index (Phi) is 4.14. The molecule has 2 fully saturated rings. The van der Waals surface area contributed by atoms with E-state index in [1.54, 1.807) is 0 Å². The van der Waals surface area contributed by atoms with Gasteiger partial charge in [-0.3, -0.25) is 4.90 Å². The molecule has 1 N–H and O–H groups in total. The van der Waals surface area contributed by atoms with Gasteiger partial charge >= 0.3 is 0 Å².